The molecule has 0 radical (unpaired) electrons. The van der Waals surface area contributed by atoms with Gasteiger partial charge in [0.1, 0.15) is 11.4 Å². The Balaban J connectivity index is 0.00000144. The third-order valence-corrected chi connectivity index (χ3v) is 1.34. The summed E-state index contributed by atoms with van der Waals surface area (Å²) in [4.78, 5) is 10.4. The number of aromatic carboxylic acids is 1. The summed E-state index contributed by atoms with van der Waals surface area (Å²) in [6, 6.07) is 0.854. The highest BCUT2D eigenvalue weighted by molar-refractivity contribution is 5.85. The van der Waals surface area contributed by atoms with Crippen molar-refractivity contribution in [2.24, 2.45) is 7.05 Å². The van der Waals surface area contributed by atoms with Gasteiger partial charge in [-0.2, -0.15) is 5.10 Å². The monoisotopic (exact) mass is 212 g/mol. The Hall–Kier alpha value is -1.17. The molecule has 1 aromatic heterocycles. The van der Waals surface area contributed by atoms with Gasteiger partial charge in [-0.25, -0.2) is 13.6 Å². The summed E-state index contributed by atoms with van der Waals surface area (Å²) in [7, 11) is 1.30. The second kappa shape index (κ2) is 4.18. The maximum atomic E-state index is 12.0. The van der Waals surface area contributed by atoms with E-state index in [1.54, 1.807) is 0 Å². The predicted octanol–water partition coefficient (Wildman–Crippen LogP) is 1.48. The predicted molar refractivity (Wildman–Crippen MR) is 42.4 cm³/mol. The highest BCUT2D eigenvalue weighted by Crippen LogP contribution is 2.17. The van der Waals surface area contributed by atoms with Crippen LogP contribution >= 0.6 is 12.4 Å². The van der Waals surface area contributed by atoms with Crippen LogP contribution in [0.25, 0.3) is 0 Å². The van der Waals surface area contributed by atoms with Crippen molar-refractivity contribution in [3.8, 4) is 0 Å². The van der Waals surface area contributed by atoms with E-state index in [9.17, 15) is 13.6 Å². The summed E-state index contributed by atoms with van der Waals surface area (Å²) in [6.07, 6.45) is -2.73. The van der Waals surface area contributed by atoms with Crippen LogP contribution in [0.5, 0.6) is 0 Å². The molecule has 1 N–H and O–H groups in total. The van der Waals surface area contributed by atoms with E-state index >= 15 is 0 Å². The standard InChI is InChI=1S/C6H6F2N2O2.ClH/c1-10-4(6(11)12)2-3(9-10)5(7)8;/h2,5H,1H3,(H,11,12);1H. The molecule has 74 valence electrons. The van der Waals surface area contributed by atoms with Crippen molar-refractivity contribution >= 4 is 18.4 Å². The zero-order valence-electron chi connectivity index (χ0n) is 6.57. The molecule has 0 saturated heterocycles. The van der Waals surface area contributed by atoms with Crippen molar-refractivity contribution in [1.29, 1.82) is 0 Å². The molecule has 4 nitrogen and oxygen atoms in total. The molecule has 1 aromatic rings. The lowest BCUT2D eigenvalue weighted by molar-refractivity contribution is 0.0685. The van der Waals surface area contributed by atoms with Crippen LogP contribution in [0.2, 0.25) is 0 Å². The average Bonchev–Trinajstić information content (AvgIpc) is 2.30. The third-order valence-electron chi connectivity index (χ3n) is 1.34. The fourth-order valence-corrected chi connectivity index (χ4v) is 0.796. The number of carbonyl (C=O) groups is 1. The summed E-state index contributed by atoms with van der Waals surface area (Å²) in [5.41, 5.74) is -0.764. The normalized spacial score (nSPS) is 9.85. The molecule has 0 spiro atoms. The molecule has 0 aromatic carbocycles. The minimum Gasteiger partial charge on any atom is -0.477 e. The molecule has 1 rings (SSSR count). The fourth-order valence-electron chi connectivity index (χ4n) is 0.796. The number of hydrogen-bond donors (Lipinski definition) is 1. The lowest BCUT2D eigenvalue weighted by atomic mass is 10.3. The largest absolute Gasteiger partial charge is 0.477 e. The number of aryl methyl sites for hydroxylation is 1. The van der Waals surface area contributed by atoms with Crippen LogP contribution in [0.3, 0.4) is 0 Å². The number of nitrogens with zero attached hydrogens (tertiary/aromatic N) is 2. The van der Waals surface area contributed by atoms with Crippen molar-refractivity contribution < 1.29 is 18.7 Å². The van der Waals surface area contributed by atoms with Crippen molar-refractivity contribution in [3.63, 3.8) is 0 Å². The Morgan fingerprint density at radius 1 is 1.69 bits per heavy atom. The molecule has 0 saturated carbocycles. The van der Waals surface area contributed by atoms with E-state index in [0.717, 1.165) is 10.7 Å². The fraction of sp³-hybridized carbons (Fsp3) is 0.333. The van der Waals surface area contributed by atoms with Gasteiger partial charge in [0.25, 0.3) is 6.43 Å². The van der Waals surface area contributed by atoms with Crippen LogP contribution in [0.1, 0.15) is 22.6 Å². The summed E-state index contributed by atoms with van der Waals surface area (Å²) in [5, 5.41) is 11.8. The van der Waals surface area contributed by atoms with Gasteiger partial charge in [-0.1, -0.05) is 0 Å². The van der Waals surface area contributed by atoms with Gasteiger partial charge in [-0.15, -0.1) is 12.4 Å². The minimum absolute atomic E-state index is 0. The Morgan fingerprint density at radius 2 is 2.23 bits per heavy atom. The first kappa shape index (κ1) is 11.8. The zero-order chi connectivity index (χ0) is 9.30. The van der Waals surface area contributed by atoms with E-state index < -0.39 is 18.1 Å². The number of halogens is 3. The highest BCUT2D eigenvalue weighted by Gasteiger charge is 2.17. The van der Waals surface area contributed by atoms with E-state index in [1.807, 2.05) is 0 Å². The molecule has 0 unspecified atom stereocenters. The molecule has 0 amide bonds. The zero-order valence-corrected chi connectivity index (χ0v) is 7.39. The summed E-state index contributed by atoms with van der Waals surface area (Å²) in [5.74, 6) is -1.27. The van der Waals surface area contributed by atoms with Crippen LogP contribution in [-0.4, -0.2) is 20.9 Å². The molecule has 0 fully saturated rings. The van der Waals surface area contributed by atoms with Crippen LogP contribution in [0.4, 0.5) is 8.78 Å². The molecule has 0 atom stereocenters. The van der Waals surface area contributed by atoms with Crippen LogP contribution in [0, 0.1) is 0 Å². The number of hydrogen-bond acceptors (Lipinski definition) is 2. The first-order chi connectivity index (χ1) is 5.52. The number of carboxylic acids is 1. The van der Waals surface area contributed by atoms with Gasteiger partial charge < -0.3 is 5.11 Å². The van der Waals surface area contributed by atoms with E-state index in [-0.39, 0.29) is 18.1 Å². The first-order valence-electron chi connectivity index (χ1n) is 3.07. The SMILES string of the molecule is Cl.Cn1nc(C(F)F)cc1C(=O)O. The van der Waals surface area contributed by atoms with Crippen LogP contribution in [-0.2, 0) is 7.05 Å². The number of rotatable bonds is 2. The van der Waals surface area contributed by atoms with Crippen LogP contribution in [0.15, 0.2) is 6.07 Å². The second-order valence-electron chi connectivity index (χ2n) is 2.18. The smallest absolute Gasteiger partial charge is 0.354 e. The van der Waals surface area contributed by atoms with Gasteiger partial charge in [0, 0.05) is 7.05 Å². The van der Waals surface area contributed by atoms with Gasteiger partial charge in [-0.05, 0) is 6.07 Å². The lowest BCUT2D eigenvalue weighted by Crippen LogP contribution is -2.04. The minimum atomic E-state index is -2.73. The second-order valence-corrected chi connectivity index (χ2v) is 2.18. The third kappa shape index (κ3) is 2.38. The van der Waals surface area contributed by atoms with E-state index in [1.165, 1.54) is 7.05 Å². The van der Waals surface area contributed by atoms with Crippen molar-refractivity contribution in [1.82, 2.24) is 9.78 Å². The summed E-state index contributed by atoms with van der Waals surface area (Å²) < 4.78 is 24.8. The highest BCUT2D eigenvalue weighted by atomic mass is 35.5. The molecule has 0 bridgehead atoms. The molecule has 13 heavy (non-hydrogen) atoms. The Morgan fingerprint density at radius 3 is 2.46 bits per heavy atom. The summed E-state index contributed by atoms with van der Waals surface area (Å²) in [6.45, 7) is 0. The number of aromatic nitrogens is 2. The Labute approximate surface area is 78.6 Å². The molecule has 0 aliphatic rings. The average molecular weight is 213 g/mol. The van der Waals surface area contributed by atoms with Crippen molar-refractivity contribution in [3.05, 3.63) is 17.5 Å². The maximum absolute atomic E-state index is 12.0. The molecule has 1 heterocycles. The molecule has 0 aliphatic heterocycles. The Kier molecular flexibility index (Phi) is 3.80. The van der Waals surface area contributed by atoms with E-state index in [0.29, 0.717) is 0 Å². The Bertz CT molecular complexity index is 314. The van der Waals surface area contributed by atoms with Gasteiger partial charge >= 0.3 is 5.97 Å². The first-order valence-corrected chi connectivity index (χ1v) is 3.07. The van der Waals surface area contributed by atoms with Gasteiger partial charge in [0.15, 0.2) is 0 Å². The molecule has 0 aliphatic carbocycles. The van der Waals surface area contributed by atoms with Gasteiger partial charge in [-0.3, -0.25) is 4.68 Å². The number of carboxylic acid groups (broad SMARTS) is 1. The quantitative estimate of drug-likeness (QED) is 0.808. The van der Waals surface area contributed by atoms with E-state index in [2.05, 4.69) is 5.10 Å². The van der Waals surface area contributed by atoms with Crippen molar-refractivity contribution in [2.75, 3.05) is 0 Å². The lowest BCUT2D eigenvalue weighted by Gasteiger charge is -1.91. The van der Waals surface area contributed by atoms with Gasteiger partial charge in [0.2, 0.25) is 0 Å². The number of alkyl halides is 2. The van der Waals surface area contributed by atoms with Gasteiger partial charge in [0.05, 0.1) is 0 Å². The van der Waals surface area contributed by atoms with Crippen molar-refractivity contribution in [2.45, 2.75) is 6.43 Å². The topological polar surface area (TPSA) is 55.1 Å². The molecular weight excluding hydrogens is 206 g/mol. The molecular formula is C6H7ClF2N2O2. The molecule has 7 heteroatoms. The van der Waals surface area contributed by atoms with Crippen LogP contribution < -0.4 is 0 Å². The van der Waals surface area contributed by atoms with E-state index in [4.69, 9.17) is 5.11 Å². The maximum Gasteiger partial charge on any atom is 0.354 e. The summed E-state index contributed by atoms with van der Waals surface area (Å²) >= 11 is 0.